The lowest BCUT2D eigenvalue weighted by atomic mass is 9.87. The topological polar surface area (TPSA) is 73.8 Å². The highest BCUT2D eigenvalue weighted by atomic mass is 32.2. The number of thioether (sulfide) groups is 1. The van der Waals surface area contributed by atoms with Gasteiger partial charge in [0.25, 0.3) is 11.8 Å². The van der Waals surface area contributed by atoms with E-state index in [1.165, 1.54) is 5.56 Å². The normalized spacial score (nSPS) is 17.1. The van der Waals surface area contributed by atoms with E-state index in [2.05, 4.69) is 42.4 Å². The minimum Gasteiger partial charge on any atom is -0.340 e. The molecule has 2 N–H and O–H groups in total. The number of carbonyl (C=O) groups is 2. The second-order valence-corrected chi connectivity index (χ2v) is 12.9. The molecule has 41 heavy (non-hydrogen) atoms. The zero-order valence-electron chi connectivity index (χ0n) is 24.7. The average Bonchev–Trinajstić information content (AvgIpc) is 2.94. The number of rotatable bonds is 5. The summed E-state index contributed by atoms with van der Waals surface area (Å²) in [5.74, 6) is 0.720. The van der Waals surface area contributed by atoms with Crippen molar-refractivity contribution in [3.63, 3.8) is 0 Å². The minimum absolute atomic E-state index is 0.0307. The number of nitrogens with zero attached hydrogens (tertiary/aromatic N) is 2. The SMILES string of the molecule is CC1=C(C(=O)Nc2ccc(C)cc2C)C(c2ccc(NC(=O)c3ccc(C(C)(C)C)cc3)cc2)N2CCCSC2=N1. The highest BCUT2D eigenvalue weighted by molar-refractivity contribution is 8.13. The van der Waals surface area contributed by atoms with Crippen molar-refractivity contribution in [1.29, 1.82) is 0 Å². The van der Waals surface area contributed by atoms with Crippen molar-refractivity contribution in [1.82, 2.24) is 4.90 Å². The number of hydrogen-bond acceptors (Lipinski definition) is 5. The van der Waals surface area contributed by atoms with Crippen LogP contribution in [0.4, 0.5) is 11.4 Å². The number of anilines is 2. The third kappa shape index (κ3) is 6.25. The van der Waals surface area contributed by atoms with E-state index in [4.69, 9.17) is 4.99 Å². The first-order chi connectivity index (χ1) is 19.5. The van der Waals surface area contributed by atoms with Crippen molar-refractivity contribution >= 4 is 40.1 Å². The first-order valence-electron chi connectivity index (χ1n) is 14.1. The highest BCUT2D eigenvalue weighted by Gasteiger charge is 2.37. The first-order valence-corrected chi connectivity index (χ1v) is 15.1. The third-order valence-corrected chi connectivity index (χ3v) is 8.71. The fourth-order valence-electron chi connectivity index (χ4n) is 5.32. The van der Waals surface area contributed by atoms with E-state index in [0.29, 0.717) is 16.8 Å². The Balaban J connectivity index is 1.40. The summed E-state index contributed by atoms with van der Waals surface area (Å²) in [6.45, 7) is 13.3. The Morgan fingerprint density at radius 1 is 0.902 bits per heavy atom. The molecule has 1 atom stereocenters. The lowest BCUT2D eigenvalue weighted by molar-refractivity contribution is -0.113. The van der Waals surface area contributed by atoms with Gasteiger partial charge in [0.05, 0.1) is 17.3 Å². The first kappa shape index (κ1) is 28.7. The molecule has 1 unspecified atom stereocenters. The number of amides is 2. The lowest BCUT2D eigenvalue weighted by Gasteiger charge is -2.41. The van der Waals surface area contributed by atoms with Crippen LogP contribution in [-0.4, -0.2) is 34.2 Å². The molecule has 0 bridgehead atoms. The fraction of sp³-hybridized carbons (Fsp3) is 0.324. The number of carbonyl (C=O) groups excluding carboxylic acids is 2. The van der Waals surface area contributed by atoms with Gasteiger partial charge in [-0.15, -0.1) is 0 Å². The summed E-state index contributed by atoms with van der Waals surface area (Å²) in [4.78, 5) is 33.8. The molecule has 2 heterocycles. The largest absolute Gasteiger partial charge is 0.340 e. The maximum Gasteiger partial charge on any atom is 0.255 e. The van der Waals surface area contributed by atoms with Crippen LogP contribution in [0.3, 0.4) is 0 Å². The molecule has 212 valence electrons. The molecule has 3 aromatic rings. The number of aryl methyl sites for hydroxylation is 2. The van der Waals surface area contributed by atoms with Gasteiger partial charge >= 0.3 is 0 Å². The van der Waals surface area contributed by atoms with Gasteiger partial charge in [0, 0.05) is 29.2 Å². The van der Waals surface area contributed by atoms with Gasteiger partial charge in [-0.2, -0.15) is 0 Å². The van der Waals surface area contributed by atoms with Gasteiger partial charge in [-0.3, -0.25) is 9.59 Å². The molecule has 5 rings (SSSR count). The van der Waals surface area contributed by atoms with Crippen LogP contribution in [0, 0.1) is 13.8 Å². The van der Waals surface area contributed by atoms with Gasteiger partial charge in [-0.25, -0.2) is 4.99 Å². The number of aliphatic imine (C=N–C) groups is 1. The van der Waals surface area contributed by atoms with Gasteiger partial charge in [0.15, 0.2) is 5.17 Å². The molecule has 2 amide bonds. The van der Waals surface area contributed by atoms with Crippen LogP contribution in [0.15, 0.2) is 83.0 Å². The van der Waals surface area contributed by atoms with Crippen molar-refractivity contribution < 1.29 is 9.59 Å². The van der Waals surface area contributed by atoms with Crippen LogP contribution >= 0.6 is 11.8 Å². The van der Waals surface area contributed by atoms with Crippen LogP contribution < -0.4 is 10.6 Å². The number of benzene rings is 3. The Kier molecular flexibility index (Phi) is 8.09. The molecule has 1 fully saturated rings. The molecule has 0 saturated carbocycles. The van der Waals surface area contributed by atoms with Crippen molar-refractivity contribution in [3.05, 3.63) is 106 Å². The van der Waals surface area contributed by atoms with E-state index in [9.17, 15) is 9.59 Å². The molecule has 7 heteroatoms. The molecule has 1 saturated heterocycles. The summed E-state index contributed by atoms with van der Waals surface area (Å²) in [5.41, 5.74) is 7.88. The van der Waals surface area contributed by atoms with Crippen molar-refractivity contribution in [3.8, 4) is 0 Å². The Morgan fingerprint density at radius 2 is 1.61 bits per heavy atom. The second-order valence-electron chi connectivity index (χ2n) is 11.9. The molecular weight excluding hydrogens is 528 g/mol. The van der Waals surface area contributed by atoms with Crippen LogP contribution in [-0.2, 0) is 10.2 Å². The van der Waals surface area contributed by atoms with Crippen molar-refractivity contribution in [2.45, 2.75) is 59.4 Å². The molecule has 2 aliphatic heterocycles. The number of fused-ring (bicyclic) bond motifs is 1. The van der Waals surface area contributed by atoms with Crippen LogP contribution in [0.25, 0.3) is 0 Å². The molecule has 2 aliphatic rings. The monoisotopic (exact) mass is 566 g/mol. The van der Waals surface area contributed by atoms with E-state index in [-0.39, 0.29) is 23.3 Å². The number of allylic oxidation sites excluding steroid dienone is 1. The minimum atomic E-state index is -0.268. The Bertz CT molecular complexity index is 1530. The van der Waals surface area contributed by atoms with E-state index in [1.807, 2.05) is 81.4 Å². The molecule has 0 aromatic heterocycles. The maximum atomic E-state index is 13.8. The van der Waals surface area contributed by atoms with Gasteiger partial charge < -0.3 is 15.5 Å². The van der Waals surface area contributed by atoms with Crippen molar-refractivity contribution in [2.75, 3.05) is 22.9 Å². The predicted octanol–water partition coefficient (Wildman–Crippen LogP) is 7.62. The zero-order valence-corrected chi connectivity index (χ0v) is 25.5. The van der Waals surface area contributed by atoms with E-state index >= 15 is 0 Å². The Hall–Kier alpha value is -3.84. The summed E-state index contributed by atoms with van der Waals surface area (Å²) in [7, 11) is 0. The third-order valence-electron chi connectivity index (χ3n) is 7.63. The van der Waals surface area contributed by atoms with Gasteiger partial charge in [0.1, 0.15) is 0 Å². The lowest BCUT2D eigenvalue weighted by Crippen LogP contribution is -2.43. The Labute approximate surface area is 247 Å². The summed E-state index contributed by atoms with van der Waals surface area (Å²) in [6.07, 6.45) is 1.02. The molecule has 6 nitrogen and oxygen atoms in total. The summed E-state index contributed by atoms with van der Waals surface area (Å²) in [5, 5.41) is 7.12. The van der Waals surface area contributed by atoms with Gasteiger partial charge in [-0.1, -0.05) is 74.5 Å². The van der Waals surface area contributed by atoms with Gasteiger partial charge in [-0.05, 0) is 79.6 Å². The van der Waals surface area contributed by atoms with E-state index in [0.717, 1.165) is 52.0 Å². The summed E-state index contributed by atoms with van der Waals surface area (Å²) < 4.78 is 0. The number of hydrogen-bond donors (Lipinski definition) is 2. The van der Waals surface area contributed by atoms with Crippen LogP contribution in [0.2, 0.25) is 0 Å². The summed E-state index contributed by atoms with van der Waals surface area (Å²) >= 11 is 1.74. The van der Waals surface area contributed by atoms with Crippen molar-refractivity contribution in [2.24, 2.45) is 4.99 Å². The fourth-order valence-corrected chi connectivity index (χ4v) is 6.34. The zero-order chi connectivity index (χ0) is 29.3. The van der Waals surface area contributed by atoms with E-state index < -0.39 is 0 Å². The Morgan fingerprint density at radius 3 is 2.27 bits per heavy atom. The number of amidine groups is 1. The molecule has 0 aliphatic carbocycles. The number of nitrogens with one attached hydrogen (secondary N) is 2. The van der Waals surface area contributed by atoms with Crippen LogP contribution in [0.5, 0.6) is 0 Å². The van der Waals surface area contributed by atoms with E-state index in [1.54, 1.807) is 11.8 Å². The predicted molar refractivity (Wildman–Crippen MR) is 171 cm³/mol. The van der Waals surface area contributed by atoms with Crippen LogP contribution in [0.1, 0.15) is 72.8 Å². The maximum absolute atomic E-state index is 13.8. The molecule has 0 spiro atoms. The average molecular weight is 567 g/mol. The quantitative estimate of drug-likeness (QED) is 0.333. The molecule has 3 aromatic carbocycles. The highest BCUT2D eigenvalue weighted by Crippen LogP contribution is 2.40. The summed E-state index contributed by atoms with van der Waals surface area (Å²) in [6, 6.07) is 21.3. The molecule has 0 radical (unpaired) electrons. The van der Waals surface area contributed by atoms with Gasteiger partial charge in [0.2, 0.25) is 0 Å². The standard InChI is InChI=1S/C34H38N4O2S/c1-21-8-17-28(22(2)20-21)37-32(40)29-23(3)35-33-38(18-7-19-41-33)30(29)24-11-15-27(16-12-24)36-31(39)25-9-13-26(14-10-25)34(4,5)6/h8-17,20,30H,7,18-19H2,1-6H3,(H,36,39)(H,37,40). The molecular formula is C34H38N4O2S. The smallest absolute Gasteiger partial charge is 0.255 e. The second kappa shape index (κ2) is 11.6.